The molecule has 3 amide bonds. The first kappa shape index (κ1) is 26.7. The molecule has 2 bridgehead atoms. The molecule has 1 saturated heterocycles. The summed E-state index contributed by atoms with van der Waals surface area (Å²) in [5.74, 6) is -5.17. The Bertz CT molecular complexity index is 1320. The number of amides is 3. The van der Waals surface area contributed by atoms with Crippen LogP contribution in [0.1, 0.15) is 15.9 Å². The Kier molecular flexibility index (Phi) is 6.54. The largest absolute Gasteiger partial charge is 0.273 e. The maximum absolute atomic E-state index is 13.9. The average molecular weight is 648 g/mol. The number of fused-ring (bicyclic) bond motifs is 5. The van der Waals surface area contributed by atoms with E-state index < -0.39 is 43.6 Å². The zero-order chi connectivity index (χ0) is 26.4. The third-order valence-electron chi connectivity index (χ3n) is 6.73. The number of hydrazine groups is 1. The van der Waals surface area contributed by atoms with Gasteiger partial charge in [0.15, 0.2) is 4.33 Å². The van der Waals surface area contributed by atoms with E-state index >= 15 is 0 Å². The van der Waals surface area contributed by atoms with Gasteiger partial charge < -0.3 is 0 Å². The first-order valence-electron chi connectivity index (χ1n) is 10.3. The van der Waals surface area contributed by atoms with Crippen LogP contribution < -0.4 is 0 Å². The Morgan fingerprint density at radius 1 is 0.806 bits per heavy atom. The summed E-state index contributed by atoms with van der Waals surface area (Å²) in [5.41, 5.74) is 0.632. The van der Waals surface area contributed by atoms with Crippen LogP contribution >= 0.6 is 92.8 Å². The van der Waals surface area contributed by atoms with Gasteiger partial charge >= 0.3 is 0 Å². The number of alkyl halides is 4. The molecule has 2 aliphatic carbocycles. The molecule has 4 atom stereocenters. The fraction of sp³-hybridized carbons (Fsp3) is 0.261. The molecule has 3 aliphatic rings. The minimum Gasteiger partial charge on any atom is -0.272 e. The van der Waals surface area contributed by atoms with Crippen molar-refractivity contribution in [2.45, 2.75) is 20.6 Å². The van der Waals surface area contributed by atoms with E-state index in [-0.39, 0.29) is 22.2 Å². The molecule has 0 spiro atoms. The van der Waals surface area contributed by atoms with Crippen molar-refractivity contribution in [1.29, 1.82) is 0 Å². The van der Waals surface area contributed by atoms with Crippen LogP contribution in [-0.2, 0) is 16.1 Å². The van der Waals surface area contributed by atoms with E-state index in [1.807, 2.05) is 0 Å². The second kappa shape index (κ2) is 8.82. The number of carbonyl (C=O) groups is 3. The highest BCUT2D eigenvalue weighted by molar-refractivity contribution is 6.66. The molecule has 0 aromatic heterocycles. The number of hydrogen-bond acceptors (Lipinski definition) is 3. The summed E-state index contributed by atoms with van der Waals surface area (Å²) in [6, 6.07) is 12.6. The van der Waals surface area contributed by atoms with E-state index in [1.54, 1.807) is 24.3 Å². The molecule has 13 heteroatoms. The summed E-state index contributed by atoms with van der Waals surface area (Å²) in [4.78, 5) is 37.4. The lowest BCUT2D eigenvalue weighted by Gasteiger charge is -2.37. The maximum atomic E-state index is 13.9. The van der Waals surface area contributed by atoms with Crippen molar-refractivity contribution < 1.29 is 14.4 Å². The van der Waals surface area contributed by atoms with Crippen molar-refractivity contribution in [3.8, 4) is 0 Å². The Hall–Kier alpha value is -0.890. The lowest BCUT2D eigenvalue weighted by molar-refractivity contribution is -0.156. The van der Waals surface area contributed by atoms with E-state index in [2.05, 4.69) is 0 Å². The molecule has 5 rings (SSSR count). The van der Waals surface area contributed by atoms with Gasteiger partial charge in [-0.3, -0.25) is 14.4 Å². The minimum atomic E-state index is -2.09. The van der Waals surface area contributed by atoms with Gasteiger partial charge in [-0.25, -0.2) is 5.01 Å². The fourth-order valence-electron chi connectivity index (χ4n) is 4.98. The first-order chi connectivity index (χ1) is 16.8. The highest BCUT2D eigenvalue weighted by Gasteiger charge is 2.88. The molecule has 5 nitrogen and oxygen atoms in total. The summed E-state index contributed by atoms with van der Waals surface area (Å²) in [7, 11) is 0. The number of nitrogens with zero attached hydrogens (tertiary/aromatic N) is 2. The highest BCUT2D eigenvalue weighted by atomic mass is 35.5. The maximum Gasteiger partial charge on any atom is 0.273 e. The molecule has 2 fully saturated rings. The van der Waals surface area contributed by atoms with Crippen molar-refractivity contribution in [2.75, 3.05) is 0 Å². The van der Waals surface area contributed by atoms with E-state index in [0.29, 0.717) is 20.6 Å². The summed E-state index contributed by atoms with van der Waals surface area (Å²) >= 11 is 51.7. The standard InChI is InChI=1S/C23H12Cl8N2O3/c24-12-7-5-10(6-8-12)18(34)32(9-11-3-1-2-4-13(11)25)33-19(35)14-15(20(33)36)22(29)17(27)16(26)21(14,28)23(22,30)31/h1-8,14-15H,9H2/t14-,15+,21-,22-/m1/s1. The molecule has 0 N–H and O–H groups in total. The molecule has 2 aromatic carbocycles. The molecule has 2 aromatic rings. The molecular weight excluding hydrogens is 636 g/mol. The van der Waals surface area contributed by atoms with Crippen LogP contribution in [0.15, 0.2) is 58.6 Å². The van der Waals surface area contributed by atoms with E-state index in [0.717, 1.165) is 5.01 Å². The Labute approximate surface area is 245 Å². The number of carbonyl (C=O) groups excluding carboxylic acids is 3. The fourth-order valence-corrected chi connectivity index (χ4v) is 8.23. The minimum absolute atomic E-state index is 0.159. The average Bonchev–Trinajstić information content (AvgIpc) is 3.22. The third-order valence-corrected chi connectivity index (χ3v) is 11.6. The Morgan fingerprint density at radius 3 is 1.81 bits per heavy atom. The van der Waals surface area contributed by atoms with Gasteiger partial charge in [-0.2, -0.15) is 5.01 Å². The molecule has 1 aliphatic heterocycles. The topological polar surface area (TPSA) is 57.7 Å². The predicted octanol–water partition coefficient (Wildman–Crippen LogP) is 7.00. The highest BCUT2D eigenvalue weighted by Crippen LogP contribution is 2.77. The zero-order valence-corrected chi connectivity index (χ0v) is 23.7. The lowest BCUT2D eigenvalue weighted by Crippen LogP contribution is -2.55. The summed E-state index contributed by atoms with van der Waals surface area (Å²) < 4.78 is -2.09. The molecule has 1 heterocycles. The van der Waals surface area contributed by atoms with Crippen molar-refractivity contribution in [3.63, 3.8) is 0 Å². The Morgan fingerprint density at radius 2 is 1.31 bits per heavy atom. The van der Waals surface area contributed by atoms with Gasteiger partial charge in [0.2, 0.25) is 0 Å². The van der Waals surface area contributed by atoms with Crippen LogP contribution in [0.5, 0.6) is 0 Å². The van der Waals surface area contributed by atoms with Crippen molar-refractivity contribution >= 4 is 111 Å². The van der Waals surface area contributed by atoms with Gasteiger partial charge in [0.1, 0.15) is 9.75 Å². The van der Waals surface area contributed by atoms with Crippen LogP contribution in [-0.4, -0.2) is 41.8 Å². The first-order valence-corrected chi connectivity index (χ1v) is 13.3. The lowest BCUT2D eigenvalue weighted by atomic mass is 9.84. The number of imide groups is 1. The van der Waals surface area contributed by atoms with E-state index in [9.17, 15) is 14.4 Å². The quantitative estimate of drug-likeness (QED) is 0.265. The predicted molar refractivity (Wildman–Crippen MR) is 142 cm³/mol. The van der Waals surface area contributed by atoms with Gasteiger partial charge in [0, 0.05) is 15.6 Å². The van der Waals surface area contributed by atoms with Crippen LogP contribution in [0.4, 0.5) is 0 Å². The van der Waals surface area contributed by atoms with E-state index in [1.165, 1.54) is 24.3 Å². The summed E-state index contributed by atoms with van der Waals surface area (Å²) in [5, 5.41) is 1.94. The van der Waals surface area contributed by atoms with E-state index in [4.69, 9.17) is 92.8 Å². The van der Waals surface area contributed by atoms with Crippen LogP contribution in [0.2, 0.25) is 10.0 Å². The Balaban J connectivity index is 1.63. The van der Waals surface area contributed by atoms with Gasteiger partial charge in [-0.1, -0.05) is 87.8 Å². The summed E-state index contributed by atoms with van der Waals surface area (Å²) in [6.45, 7) is -0.232. The molecule has 36 heavy (non-hydrogen) atoms. The van der Waals surface area contributed by atoms with Gasteiger partial charge in [-0.05, 0) is 35.9 Å². The zero-order valence-electron chi connectivity index (χ0n) is 17.6. The molecule has 0 unspecified atom stereocenters. The second-order valence-corrected chi connectivity index (χ2v) is 12.6. The van der Waals surface area contributed by atoms with Gasteiger partial charge in [0.25, 0.3) is 17.7 Å². The molecule has 0 radical (unpaired) electrons. The van der Waals surface area contributed by atoms with Crippen molar-refractivity contribution in [2.24, 2.45) is 11.8 Å². The normalized spacial score (nSPS) is 30.3. The second-order valence-electron chi connectivity index (χ2n) is 8.53. The van der Waals surface area contributed by atoms with Crippen molar-refractivity contribution in [3.05, 3.63) is 79.8 Å². The van der Waals surface area contributed by atoms with Crippen LogP contribution in [0, 0.1) is 11.8 Å². The van der Waals surface area contributed by atoms with Gasteiger partial charge in [-0.15, -0.1) is 23.2 Å². The monoisotopic (exact) mass is 644 g/mol. The van der Waals surface area contributed by atoms with Crippen LogP contribution in [0.25, 0.3) is 0 Å². The number of benzene rings is 2. The molecule has 1 saturated carbocycles. The van der Waals surface area contributed by atoms with Crippen molar-refractivity contribution in [1.82, 2.24) is 10.0 Å². The number of rotatable bonds is 4. The number of halogens is 8. The number of hydrogen-bond donors (Lipinski definition) is 0. The smallest absolute Gasteiger partial charge is 0.272 e. The SMILES string of the molecule is O=C(c1ccc(Cl)cc1)N(Cc1ccccc1Cl)N1C(=O)[C@@H]2[C@H](C1=O)[C@@]1(Cl)C(Cl)=C(Cl)[C@@]2(Cl)C1(Cl)Cl. The number of allylic oxidation sites excluding steroid dienone is 2. The molecular formula is C23H12Cl8N2O3. The van der Waals surface area contributed by atoms with Gasteiger partial charge in [0.05, 0.1) is 28.4 Å². The molecule has 188 valence electrons. The summed E-state index contributed by atoms with van der Waals surface area (Å²) in [6.07, 6.45) is 0. The van der Waals surface area contributed by atoms with Crippen LogP contribution in [0.3, 0.4) is 0 Å². The third kappa shape index (κ3) is 3.27.